The molecule has 0 atom stereocenters. The zero-order valence-electron chi connectivity index (χ0n) is 11.2. The third-order valence-electron chi connectivity index (χ3n) is 3.03. The van der Waals surface area contributed by atoms with E-state index in [2.05, 4.69) is 5.32 Å². The van der Waals surface area contributed by atoms with Crippen molar-refractivity contribution in [2.45, 2.75) is 13.0 Å². The molecule has 0 unspecified atom stereocenters. The van der Waals surface area contributed by atoms with Gasteiger partial charge >= 0.3 is 0 Å². The highest BCUT2D eigenvalue weighted by Crippen LogP contribution is 2.28. The van der Waals surface area contributed by atoms with Crippen LogP contribution < -0.4 is 11.1 Å². The number of carbonyl (C=O) groups excluding carboxylic acids is 1. The van der Waals surface area contributed by atoms with Gasteiger partial charge in [0.15, 0.2) is 0 Å². The molecule has 0 spiro atoms. The SMILES string of the molecule is NCCC(=O)NCc1ccc(-c2ccccc2O)cc1. The zero-order chi connectivity index (χ0) is 14.4. The summed E-state index contributed by atoms with van der Waals surface area (Å²) in [4.78, 5) is 11.3. The summed E-state index contributed by atoms with van der Waals surface area (Å²) in [5.41, 5.74) is 8.06. The van der Waals surface area contributed by atoms with Gasteiger partial charge in [0.2, 0.25) is 5.91 Å². The first-order valence-electron chi connectivity index (χ1n) is 6.55. The third-order valence-corrected chi connectivity index (χ3v) is 3.03. The van der Waals surface area contributed by atoms with Crippen molar-refractivity contribution in [1.82, 2.24) is 5.32 Å². The number of phenolic OH excluding ortho intramolecular Hbond substituents is 1. The van der Waals surface area contributed by atoms with Gasteiger partial charge in [-0.1, -0.05) is 42.5 Å². The van der Waals surface area contributed by atoms with E-state index in [1.165, 1.54) is 0 Å². The molecule has 4 heteroatoms. The highest BCUT2D eigenvalue weighted by molar-refractivity contribution is 5.76. The molecule has 0 fully saturated rings. The molecule has 4 nitrogen and oxygen atoms in total. The minimum Gasteiger partial charge on any atom is -0.507 e. The van der Waals surface area contributed by atoms with E-state index in [1.54, 1.807) is 12.1 Å². The van der Waals surface area contributed by atoms with E-state index in [0.29, 0.717) is 19.5 Å². The van der Waals surface area contributed by atoms with Crippen LogP contribution in [0.1, 0.15) is 12.0 Å². The third kappa shape index (κ3) is 3.59. The summed E-state index contributed by atoms with van der Waals surface area (Å²) in [5, 5.41) is 12.6. The summed E-state index contributed by atoms with van der Waals surface area (Å²) in [6.45, 7) is 0.845. The Morgan fingerprint density at radius 3 is 2.45 bits per heavy atom. The summed E-state index contributed by atoms with van der Waals surface area (Å²) in [7, 11) is 0. The van der Waals surface area contributed by atoms with Crippen LogP contribution in [-0.2, 0) is 11.3 Å². The lowest BCUT2D eigenvalue weighted by atomic mass is 10.0. The maximum atomic E-state index is 11.3. The van der Waals surface area contributed by atoms with Gasteiger partial charge in [0, 0.05) is 25.1 Å². The molecule has 1 amide bonds. The molecule has 104 valence electrons. The predicted octanol–water partition coefficient (Wildman–Crippen LogP) is 2.02. The standard InChI is InChI=1S/C16H18N2O2/c17-10-9-16(20)18-11-12-5-7-13(8-6-12)14-3-1-2-4-15(14)19/h1-8,19H,9-11,17H2,(H,18,20). The largest absolute Gasteiger partial charge is 0.507 e. The average Bonchev–Trinajstić information content (AvgIpc) is 2.47. The van der Waals surface area contributed by atoms with Crippen molar-refractivity contribution in [2.75, 3.05) is 6.54 Å². The van der Waals surface area contributed by atoms with Gasteiger partial charge in [0.05, 0.1) is 0 Å². The first-order chi connectivity index (χ1) is 9.70. The number of hydrogen-bond acceptors (Lipinski definition) is 3. The maximum Gasteiger partial charge on any atom is 0.221 e. The van der Waals surface area contributed by atoms with Crippen molar-refractivity contribution < 1.29 is 9.90 Å². The summed E-state index contributed by atoms with van der Waals surface area (Å²) in [5.74, 6) is 0.216. The second kappa shape index (κ2) is 6.73. The van der Waals surface area contributed by atoms with E-state index >= 15 is 0 Å². The van der Waals surface area contributed by atoms with Gasteiger partial charge in [-0.25, -0.2) is 0 Å². The van der Waals surface area contributed by atoms with Gasteiger partial charge in [-0.3, -0.25) is 4.79 Å². The van der Waals surface area contributed by atoms with Crippen LogP contribution in [0.3, 0.4) is 0 Å². The molecule has 0 aliphatic heterocycles. The Balaban J connectivity index is 2.03. The molecule has 0 saturated carbocycles. The lowest BCUT2D eigenvalue weighted by Crippen LogP contribution is -2.24. The summed E-state index contributed by atoms with van der Waals surface area (Å²) < 4.78 is 0. The minimum absolute atomic E-state index is 0.0442. The highest BCUT2D eigenvalue weighted by Gasteiger charge is 2.04. The van der Waals surface area contributed by atoms with E-state index in [0.717, 1.165) is 16.7 Å². The number of para-hydroxylation sites is 1. The van der Waals surface area contributed by atoms with Crippen molar-refractivity contribution in [2.24, 2.45) is 5.73 Å². The molecule has 2 aromatic rings. The van der Waals surface area contributed by atoms with Gasteiger partial charge < -0.3 is 16.2 Å². The Labute approximate surface area is 118 Å². The Morgan fingerprint density at radius 2 is 1.80 bits per heavy atom. The molecular formula is C16H18N2O2. The molecule has 0 saturated heterocycles. The lowest BCUT2D eigenvalue weighted by Gasteiger charge is -2.07. The molecule has 2 rings (SSSR count). The van der Waals surface area contributed by atoms with Gasteiger partial charge in [0.25, 0.3) is 0 Å². The number of benzene rings is 2. The second-order valence-corrected chi connectivity index (χ2v) is 4.53. The number of amides is 1. The van der Waals surface area contributed by atoms with Gasteiger partial charge in [0.1, 0.15) is 5.75 Å². The molecule has 20 heavy (non-hydrogen) atoms. The fraction of sp³-hybridized carbons (Fsp3) is 0.188. The Bertz CT molecular complexity index is 579. The molecule has 0 aliphatic carbocycles. The van der Waals surface area contributed by atoms with Gasteiger partial charge in [-0.2, -0.15) is 0 Å². The van der Waals surface area contributed by atoms with Crippen molar-refractivity contribution in [3.8, 4) is 16.9 Å². The number of aromatic hydroxyl groups is 1. The van der Waals surface area contributed by atoms with Crippen molar-refractivity contribution >= 4 is 5.91 Å². The van der Waals surface area contributed by atoms with Crippen molar-refractivity contribution in [3.05, 3.63) is 54.1 Å². The fourth-order valence-electron chi connectivity index (χ4n) is 1.94. The summed E-state index contributed by atoms with van der Waals surface area (Å²) in [6, 6.07) is 14.9. The fourth-order valence-corrected chi connectivity index (χ4v) is 1.94. The van der Waals surface area contributed by atoms with Crippen LogP contribution in [0.5, 0.6) is 5.75 Å². The number of nitrogens with one attached hydrogen (secondary N) is 1. The quantitative estimate of drug-likeness (QED) is 0.778. The van der Waals surface area contributed by atoms with Crippen LogP contribution >= 0.6 is 0 Å². The van der Waals surface area contributed by atoms with Crippen LogP contribution in [0.15, 0.2) is 48.5 Å². The van der Waals surface area contributed by atoms with Gasteiger partial charge in [-0.05, 0) is 17.2 Å². The average molecular weight is 270 g/mol. The van der Waals surface area contributed by atoms with Crippen LogP contribution in [0.2, 0.25) is 0 Å². The number of nitrogens with two attached hydrogens (primary N) is 1. The molecule has 0 aliphatic rings. The molecule has 0 bridgehead atoms. The molecule has 0 heterocycles. The highest BCUT2D eigenvalue weighted by atomic mass is 16.3. The van der Waals surface area contributed by atoms with E-state index in [-0.39, 0.29) is 11.7 Å². The van der Waals surface area contributed by atoms with Crippen LogP contribution in [0, 0.1) is 0 Å². The molecule has 0 radical (unpaired) electrons. The summed E-state index contributed by atoms with van der Waals surface area (Å²) >= 11 is 0. The van der Waals surface area contributed by atoms with E-state index in [1.807, 2.05) is 36.4 Å². The number of carbonyl (C=O) groups is 1. The Morgan fingerprint density at radius 1 is 1.10 bits per heavy atom. The van der Waals surface area contributed by atoms with Crippen LogP contribution in [-0.4, -0.2) is 17.6 Å². The lowest BCUT2D eigenvalue weighted by molar-refractivity contribution is -0.121. The number of hydrogen-bond donors (Lipinski definition) is 3. The molecule has 4 N–H and O–H groups in total. The van der Waals surface area contributed by atoms with E-state index in [9.17, 15) is 9.90 Å². The second-order valence-electron chi connectivity index (χ2n) is 4.53. The Hall–Kier alpha value is -2.33. The van der Waals surface area contributed by atoms with E-state index in [4.69, 9.17) is 5.73 Å². The minimum atomic E-state index is -0.0442. The van der Waals surface area contributed by atoms with Crippen LogP contribution in [0.25, 0.3) is 11.1 Å². The number of phenols is 1. The first kappa shape index (κ1) is 14.1. The van der Waals surface area contributed by atoms with E-state index < -0.39 is 0 Å². The first-order valence-corrected chi connectivity index (χ1v) is 6.55. The monoisotopic (exact) mass is 270 g/mol. The number of rotatable bonds is 5. The Kier molecular flexibility index (Phi) is 4.74. The molecule has 2 aromatic carbocycles. The van der Waals surface area contributed by atoms with Crippen LogP contribution in [0.4, 0.5) is 0 Å². The van der Waals surface area contributed by atoms with Gasteiger partial charge in [-0.15, -0.1) is 0 Å². The topological polar surface area (TPSA) is 75.4 Å². The van der Waals surface area contributed by atoms with Crippen molar-refractivity contribution in [1.29, 1.82) is 0 Å². The zero-order valence-corrected chi connectivity index (χ0v) is 11.2. The predicted molar refractivity (Wildman–Crippen MR) is 79.1 cm³/mol. The molecular weight excluding hydrogens is 252 g/mol. The summed E-state index contributed by atoms with van der Waals surface area (Å²) in [6.07, 6.45) is 0.343. The maximum absolute atomic E-state index is 11.3. The van der Waals surface area contributed by atoms with Crippen molar-refractivity contribution in [3.63, 3.8) is 0 Å². The normalized spacial score (nSPS) is 10.2. The smallest absolute Gasteiger partial charge is 0.221 e. The molecule has 0 aromatic heterocycles.